The summed E-state index contributed by atoms with van der Waals surface area (Å²) in [6.07, 6.45) is 0. The normalized spacial score (nSPS) is 11.9. The van der Waals surface area contributed by atoms with Gasteiger partial charge in [-0.15, -0.1) is 0 Å². The fourth-order valence-corrected chi connectivity index (χ4v) is 8.99. The van der Waals surface area contributed by atoms with Crippen molar-refractivity contribution in [2.45, 2.75) is 0 Å². The van der Waals surface area contributed by atoms with Crippen molar-refractivity contribution in [2.75, 3.05) is 0 Å². The molecule has 0 aliphatic rings. The number of benzene rings is 8. The Kier molecular flexibility index (Phi) is 6.10. The third-order valence-corrected chi connectivity index (χ3v) is 11.4. The van der Waals surface area contributed by atoms with Crippen LogP contribution in [0.1, 0.15) is 11.1 Å². The summed E-state index contributed by atoms with van der Waals surface area (Å²) in [7, 11) is 0. The highest BCUT2D eigenvalue weighted by Gasteiger charge is 2.25. The van der Waals surface area contributed by atoms with Gasteiger partial charge < -0.3 is 18.0 Å². The summed E-state index contributed by atoms with van der Waals surface area (Å²) in [6, 6.07) is 58.2. The van der Waals surface area contributed by atoms with E-state index in [1.807, 2.05) is 84.9 Å². The van der Waals surface area contributed by atoms with E-state index in [-0.39, 0.29) is 0 Å². The summed E-state index contributed by atoms with van der Waals surface area (Å²) in [5.41, 5.74) is 11.1. The molecule has 0 N–H and O–H groups in total. The molecule has 6 heteroatoms. The number of hydrogen-bond acceptors (Lipinski definition) is 4. The van der Waals surface area contributed by atoms with E-state index >= 15 is 0 Å². The largest absolute Gasteiger partial charge is 0.454 e. The molecule has 4 aromatic heterocycles. The number of hydrogen-bond donors (Lipinski definition) is 0. The Bertz CT molecular complexity index is 3750. The van der Waals surface area contributed by atoms with Crippen LogP contribution in [0.25, 0.3) is 110 Å². The number of fused-ring (bicyclic) bond motifs is 14. The van der Waals surface area contributed by atoms with Crippen LogP contribution in [0.2, 0.25) is 0 Å². The molecule has 0 bridgehead atoms. The predicted molar refractivity (Wildman–Crippen MR) is 225 cm³/mol. The molecule has 4 heterocycles. The lowest BCUT2D eigenvalue weighted by Crippen LogP contribution is -2.04. The minimum absolute atomic E-state index is 0.485. The molecule has 56 heavy (non-hydrogen) atoms. The Morgan fingerprint density at radius 2 is 0.929 bits per heavy atom. The Balaban J connectivity index is 1.27. The molecule has 0 unspecified atom stereocenters. The lowest BCUT2D eigenvalue weighted by Gasteiger charge is -2.19. The van der Waals surface area contributed by atoms with Crippen LogP contribution in [0, 0.1) is 22.7 Å². The Morgan fingerprint density at radius 1 is 0.411 bits per heavy atom. The molecule has 12 rings (SSSR count). The van der Waals surface area contributed by atoms with Gasteiger partial charge in [-0.25, -0.2) is 0 Å². The van der Waals surface area contributed by atoms with Crippen molar-refractivity contribution < 1.29 is 8.83 Å². The third-order valence-electron chi connectivity index (χ3n) is 11.4. The first-order valence-electron chi connectivity index (χ1n) is 18.5. The maximum absolute atomic E-state index is 11.2. The van der Waals surface area contributed by atoms with Crippen LogP contribution in [0.3, 0.4) is 0 Å². The van der Waals surface area contributed by atoms with E-state index in [1.54, 1.807) is 0 Å². The predicted octanol–water partition coefficient (Wildman–Crippen LogP) is 13.1. The molecular weight excluding hydrogens is 689 g/mol. The molecule has 6 nitrogen and oxygen atoms in total. The minimum atomic E-state index is 0.485. The number of nitrogens with zero attached hydrogens (tertiary/aromatic N) is 4. The average molecular weight is 715 g/mol. The summed E-state index contributed by atoms with van der Waals surface area (Å²) in [6.45, 7) is 0. The SMILES string of the molecule is N#Cc1cccc(-c2cc(-n3c4ccccc4c4ccc5c6ccccc6oc5c43)c(C#N)cc2-n2c3ccccc3c3ccc4c5ccccc5oc4c32)c1. The zero-order valence-electron chi connectivity index (χ0n) is 29.6. The molecule has 0 radical (unpaired) electrons. The van der Waals surface area contributed by atoms with E-state index in [0.29, 0.717) is 16.8 Å². The second-order valence-corrected chi connectivity index (χ2v) is 14.3. The Morgan fingerprint density at radius 3 is 1.50 bits per heavy atom. The first-order chi connectivity index (χ1) is 27.7. The zero-order valence-corrected chi connectivity index (χ0v) is 29.6. The van der Waals surface area contributed by atoms with E-state index in [0.717, 1.165) is 104 Å². The van der Waals surface area contributed by atoms with Crippen molar-refractivity contribution in [1.82, 2.24) is 9.13 Å². The number of nitriles is 2. The van der Waals surface area contributed by atoms with Crippen LogP contribution in [0.5, 0.6) is 0 Å². The summed E-state index contributed by atoms with van der Waals surface area (Å²) >= 11 is 0. The second-order valence-electron chi connectivity index (χ2n) is 14.3. The third kappa shape index (κ3) is 4.02. The van der Waals surface area contributed by atoms with Gasteiger partial charge in [-0.3, -0.25) is 0 Å². The fraction of sp³-hybridized carbons (Fsp3) is 0. The van der Waals surface area contributed by atoms with E-state index in [1.165, 1.54) is 0 Å². The van der Waals surface area contributed by atoms with Crippen molar-refractivity contribution in [3.8, 4) is 34.6 Å². The Labute approximate surface area is 318 Å². The number of para-hydroxylation sites is 4. The van der Waals surface area contributed by atoms with Gasteiger partial charge in [0.05, 0.1) is 50.6 Å². The highest BCUT2D eigenvalue weighted by molar-refractivity contribution is 6.23. The molecule has 0 saturated carbocycles. The summed E-state index contributed by atoms with van der Waals surface area (Å²) in [5.74, 6) is 0. The number of furan rings is 2. The number of rotatable bonds is 3. The second kappa shape index (κ2) is 11.2. The van der Waals surface area contributed by atoms with Gasteiger partial charge >= 0.3 is 0 Å². The molecule has 0 spiro atoms. The van der Waals surface area contributed by atoms with Crippen molar-refractivity contribution in [3.05, 3.63) is 169 Å². The molecule has 0 fully saturated rings. The lowest BCUT2D eigenvalue weighted by atomic mass is 9.98. The maximum Gasteiger partial charge on any atom is 0.160 e. The molecule has 0 amide bonds. The first-order valence-corrected chi connectivity index (χ1v) is 18.5. The maximum atomic E-state index is 11.2. The monoisotopic (exact) mass is 714 g/mol. The minimum Gasteiger partial charge on any atom is -0.454 e. The van der Waals surface area contributed by atoms with Gasteiger partial charge in [0.2, 0.25) is 0 Å². The summed E-state index contributed by atoms with van der Waals surface area (Å²) in [5, 5.41) is 29.6. The number of aromatic nitrogens is 2. The fourth-order valence-electron chi connectivity index (χ4n) is 8.99. The van der Waals surface area contributed by atoms with Gasteiger partial charge in [0.1, 0.15) is 17.2 Å². The van der Waals surface area contributed by atoms with Gasteiger partial charge in [-0.05, 0) is 66.2 Å². The van der Waals surface area contributed by atoms with Gasteiger partial charge in [0.15, 0.2) is 11.2 Å². The average Bonchev–Trinajstić information content (AvgIpc) is 4.01. The van der Waals surface area contributed by atoms with Gasteiger partial charge in [-0.1, -0.05) is 97.1 Å². The van der Waals surface area contributed by atoms with Crippen LogP contribution in [-0.2, 0) is 0 Å². The van der Waals surface area contributed by atoms with E-state index in [2.05, 4.69) is 94.1 Å². The van der Waals surface area contributed by atoms with Gasteiger partial charge in [0.25, 0.3) is 0 Å². The van der Waals surface area contributed by atoms with Crippen molar-refractivity contribution >= 4 is 87.5 Å². The highest BCUT2D eigenvalue weighted by Crippen LogP contribution is 2.45. The zero-order chi connectivity index (χ0) is 37.1. The van der Waals surface area contributed by atoms with Gasteiger partial charge in [-0.2, -0.15) is 10.5 Å². The van der Waals surface area contributed by atoms with Crippen LogP contribution < -0.4 is 0 Å². The molecular formula is C50H26N4O2. The molecule has 0 aliphatic carbocycles. The van der Waals surface area contributed by atoms with Crippen molar-refractivity contribution in [2.24, 2.45) is 0 Å². The first kappa shape index (κ1) is 30.4. The summed E-state index contributed by atoms with van der Waals surface area (Å²) < 4.78 is 17.8. The topological polar surface area (TPSA) is 83.7 Å². The quantitative estimate of drug-likeness (QED) is 0.182. The smallest absolute Gasteiger partial charge is 0.160 e. The van der Waals surface area contributed by atoms with Crippen LogP contribution in [0.15, 0.2) is 167 Å². The van der Waals surface area contributed by atoms with Gasteiger partial charge in [0, 0.05) is 48.7 Å². The molecule has 0 aliphatic heterocycles. The van der Waals surface area contributed by atoms with Crippen LogP contribution in [0.4, 0.5) is 0 Å². The summed E-state index contributed by atoms with van der Waals surface area (Å²) in [4.78, 5) is 0. The molecule has 258 valence electrons. The molecule has 0 atom stereocenters. The highest BCUT2D eigenvalue weighted by atomic mass is 16.3. The van der Waals surface area contributed by atoms with Crippen LogP contribution in [-0.4, -0.2) is 9.13 Å². The van der Waals surface area contributed by atoms with Crippen LogP contribution >= 0.6 is 0 Å². The van der Waals surface area contributed by atoms with Crippen molar-refractivity contribution in [1.29, 1.82) is 10.5 Å². The Hall–Kier alpha value is -8.06. The molecule has 0 saturated heterocycles. The lowest BCUT2D eigenvalue weighted by molar-refractivity contribution is 0.670. The van der Waals surface area contributed by atoms with E-state index < -0.39 is 0 Å². The molecule has 12 aromatic rings. The molecule has 8 aromatic carbocycles. The van der Waals surface area contributed by atoms with E-state index in [9.17, 15) is 10.5 Å². The van der Waals surface area contributed by atoms with Crippen molar-refractivity contribution in [3.63, 3.8) is 0 Å². The van der Waals surface area contributed by atoms with E-state index in [4.69, 9.17) is 8.83 Å². The standard InChI is InChI=1S/C50H26N4O2/c51-27-29-10-9-11-30(24-29)40-26-43(53-41-16-5-1-12-32(41)36-20-22-38-34-14-3-7-18-45(34)55-49(38)47(36)53)31(28-52)25-44(40)54-42-17-6-2-13-33(42)37-21-23-39-35-15-4-8-19-46(35)56-50(39)48(37)54/h1-26H.